The molecule has 0 bridgehead atoms. The van der Waals surface area contributed by atoms with Gasteiger partial charge in [0, 0.05) is 42.0 Å². The third-order valence-corrected chi connectivity index (χ3v) is 8.33. The first-order chi connectivity index (χ1) is 28.6. The van der Waals surface area contributed by atoms with Gasteiger partial charge in [0.2, 0.25) is 5.88 Å². The molecule has 0 aliphatic heterocycles. The number of alkyl halides is 4. The van der Waals surface area contributed by atoms with Gasteiger partial charge < -0.3 is 9.84 Å². The van der Waals surface area contributed by atoms with Gasteiger partial charge in [-0.2, -0.15) is 0 Å². The van der Waals surface area contributed by atoms with Gasteiger partial charge in [0.25, 0.3) is 12.9 Å². The second-order valence-corrected chi connectivity index (χ2v) is 12.4. The van der Waals surface area contributed by atoms with E-state index >= 15 is 0 Å². The van der Waals surface area contributed by atoms with E-state index in [9.17, 15) is 22.7 Å². The van der Waals surface area contributed by atoms with Crippen molar-refractivity contribution in [2.24, 2.45) is 0 Å². The average Bonchev–Trinajstić information content (AvgIpc) is 3.85. The summed E-state index contributed by atoms with van der Waals surface area (Å²) in [4.78, 5) is 16.2. The Hall–Kier alpha value is -7.19. The van der Waals surface area contributed by atoms with Crippen LogP contribution < -0.4 is 4.74 Å². The van der Waals surface area contributed by atoms with Crippen LogP contribution in [-0.4, -0.2) is 75.4 Å². The van der Waals surface area contributed by atoms with Crippen LogP contribution in [0.5, 0.6) is 5.88 Å². The minimum Gasteiger partial charge on any atom is -0.470 e. The van der Waals surface area contributed by atoms with E-state index in [1.165, 1.54) is 41.1 Å². The fourth-order valence-electron chi connectivity index (χ4n) is 5.03. The third-order valence-electron chi connectivity index (χ3n) is 8.12. The number of hydrogen-bond acceptors (Lipinski definition) is 14. The molecule has 1 N–H and O–H groups in total. The van der Waals surface area contributed by atoms with Crippen molar-refractivity contribution < 1.29 is 27.4 Å². The Balaban J connectivity index is 0.000000165. The molecule has 0 aliphatic carbocycles. The van der Waals surface area contributed by atoms with Crippen LogP contribution in [-0.2, 0) is 13.2 Å². The zero-order valence-electron chi connectivity index (χ0n) is 31.0. The maximum Gasteiger partial charge on any atom is 0.263 e. The highest BCUT2D eigenvalue weighted by Crippen LogP contribution is 2.23. The molecule has 0 fully saturated rings. The van der Waals surface area contributed by atoms with Gasteiger partial charge in [0.15, 0.2) is 5.15 Å². The molecule has 59 heavy (non-hydrogen) atoms. The van der Waals surface area contributed by atoms with Crippen LogP contribution >= 0.6 is 11.6 Å². The minimum atomic E-state index is -2.52. The number of hydrogen-bond donors (Lipinski definition) is 1. The standard InChI is InChI=1S/C19H15F2N7O.C11H11F2N3O.C8H5ClN4/c1-12-17(28(27-24-12)14-4-2-13(3-5-14)19(20)21)11-29-18-7-6-15(25-26-18)16-10-22-8-9-23-16;1-7-10(6-17)16(15-14-7)9-4-2-8(3-5-9)11(12)13;9-8-2-1-6(12-13-8)7-5-10-3-4-11-7/h2-10,19H,11H2,1H3;2-5,11,17H,6H2,1H3;1-5H. The topological polar surface area (TPSA) is 194 Å². The SMILES string of the molecule is Cc1nnn(-c2ccc(C(F)F)cc2)c1CO.Cc1nnn(-c2ccc(C(F)F)cc2)c1COc1ccc(-c2cnccn2)nn1.Clc1ccc(-c2cnccn2)nn1. The predicted octanol–water partition coefficient (Wildman–Crippen LogP) is 6.93. The highest BCUT2D eigenvalue weighted by Gasteiger charge is 2.15. The van der Waals surface area contributed by atoms with Crippen molar-refractivity contribution in [1.82, 2.24) is 70.3 Å². The number of aliphatic hydroxyl groups is 1. The van der Waals surface area contributed by atoms with Gasteiger partial charge in [0.1, 0.15) is 35.1 Å². The molecule has 0 spiro atoms. The zero-order chi connectivity index (χ0) is 41.7. The first-order valence-electron chi connectivity index (χ1n) is 17.3. The molecule has 300 valence electrons. The molecule has 0 saturated heterocycles. The maximum atomic E-state index is 12.8. The lowest BCUT2D eigenvalue weighted by molar-refractivity contribution is 0.151. The Morgan fingerprint density at radius 3 is 1.49 bits per heavy atom. The summed E-state index contributed by atoms with van der Waals surface area (Å²) in [6, 6.07) is 18.4. The Bertz CT molecular complexity index is 2510. The average molecular weight is 827 g/mol. The molecule has 2 aromatic carbocycles. The lowest BCUT2D eigenvalue weighted by Crippen LogP contribution is -2.08. The highest BCUT2D eigenvalue weighted by atomic mass is 35.5. The second-order valence-electron chi connectivity index (χ2n) is 12.0. The summed E-state index contributed by atoms with van der Waals surface area (Å²) in [6.45, 7) is 3.45. The number of ether oxygens (including phenoxy) is 1. The minimum absolute atomic E-state index is 0.0452. The molecule has 0 saturated carbocycles. The Morgan fingerprint density at radius 2 is 1.07 bits per heavy atom. The van der Waals surface area contributed by atoms with Crippen LogP contribution in [0.25, 0.3) is 34.2 Å². The van der Waals surface area contributed by atoms with E-state index in [4.69, 9.17) is 16.3 Å². The van der Waals surface area contributed by atoms with E-state index in [1.807, 2.05) is 0 Å². The fourth-order valence-corrected chi connectivity index (χ4v) is 5.13. The first kappa shape index (κ1) is 41.4. The lowest BCUT2D eigenvalue weighted by Gasteiger charge is -2.09. The molecule has 16 nitrogen and oxygen atoms in total. The highest BCUT2D eigenvalue weighted by molar-refractivity contribution is 6.29. The molecule has 8 rings (SSSR count). The molecular weight excluding hydrogens is 796 g/mol. The van der Waals surface area contributed by atoms with Gasteiger partial charge in [-0.3, -0.25) is 19.9 Å². The van der Waals surface area contributed by atoms with E-state index < -0.39 is 12.9 Å². The van der Waals surface area contributed by atoms with Crippen LogP contribution in [0.4, 0.5) is 17.6 Å². The molecule has 0 unspecified atom stereocenters. The van der Waals surface area contributed by atoms with Crippen LogP contribution in [0, 0.1) is 13.8 Å². The quantitative estimate of drug-likeness (QED) is 0.139. The number of nitrogens with zero attached hydrogens (tertiary/aromatic N) is 14. The molecular formula is C38H31ClF4N14O2. The molecule has 0 atom stereocenters. The van der Waals surface area contributed by atoms with Gasteiger partial charge in [-0.15, -0.1) is 30.6 Å². The summed E-state index contributed by atoms with van der Waals surface area (Å²) >= 11 is 5.59. The normalized spacial score (nSPS) is 10.8. The molecule has 0 amide bonds. The van der Waals surface area contributed by atoms with Crippen LogP contribution in [0.3, 0.4) is 0 Å². The molecule has 0 aliphatic rings. The van der Waals surface area contributed by atoms with Crippen molar-refractivity contribution in [2.45, 2.75) is 39.9 Å². The monoisotopic (exact) mass is 826 g/mol. The number of aryl methyl sites for hydroxylation is 2. The van der Waals surface area contributed by atoms with E-state index in [0.717, 1.165) is 0 Å². The Morgan fingerprint density at radius 1 is 0.576 bits per heavy atom. The summed E-state index contributed by atoms with van der Waals surface area (Å²) in [6.07, 6.45) is 4.57. The number of benzene rings is 2. The van der Waals surface area contributed by atoms with Gasteiger partial charge in [-0.25, -0.2) is 26.9 Å². The van der Waals surface area contributed by atoms with Crippen molar-refractivity contribution in [3.05, 3.63) is 149 Å². The molecule has 6 heterocycles. The molecule has 8 aromatic rings. The first-order valence-corrected chi connectivity index (χ1v) is 17.7. The zero-order valence-corrected chi connectivity index (χ0v) is 31.7. The maximum absolute atomic E-state index is 12.8. The van der Waals surface area contributed by atoms with E-state index in [2.05, 4.69) is 61.0 Å². The summed E-state index contributed by atoms with van der Waals surface area (Å²) in [5.74, 6) is 0.317. The van der Waals surface area contributed by atoms with Gasteiger partial charge >= 0.3 is 0 Å². The van der Waals surface area contributed by atoms with Gasteiger partial charge in [-0.05, 0) is 56.3 Å². The van der Waals surface area contributed by atoms with Gasteiger partial charge in [-0.1, -0.05) is 46.3 Å². The largest absolute Gasteiger partial charge is 0.470 e. The number of halogens is 5. The van der Waals surface area contributed by atoms with E-state index in [-0.39, 0.29) is 24.3 Å². The van der Waals surface area contributed by atoms with E-state index in [1.54, 1.807) is 92.1 Å². The van der Waals surface area contributed by atoms with Crippen LogP contribution in [0.1, 0.15) is 46.8 Å². The third kappa shape index (κ3) is 10.8. The predicted molar refractivity (Wildman–Crippen MR) is 203 cm³/mol. The Labute approximate surface area is 337 Å². The van der Waals surface area contributed by atoms with E-state index in [0.29, 0.717) is 68.0 Å². The Kier molecular flexibility index (Phi) is 13.9. The van der Waals surface area contributed by atoms with Crippen molar-refractivity contribution in [1.29, 1.82) is 0 Å². The summed E-state index contributed by atoms with van der Waals surface area (Å²) in [5.41, 5.74) is 6.14. The number of rotatable bonds is 10. The summed E-state index contributed by atoms with van der Waals surface area (Å²) < 4.78 is 59.0. The van der Waals surface area contributed by atoms with Crippen LogP contribution in [0.15, 0.2) is 110 Å². The molecule has 6 aromatic heterocycles. The number of aliphatic hydroxyl groups excluding tert-OH is 1. The van der Waals surface area contributed by atoms with Crippen molar-refractivity contribution >= 4 is 11.6 Å². The van der Waals surface area contributed by atoms with Gasteiger partial charge in [0.05, 0.1) is 47.5 Å². The molecule has 0 radical (unpaired) electrons. The van der Waals surface area contributed by atoms with Crippen molar-refractivity contribution in [2.75, 3.05) is 0 Å². The molecule has 21 heteroatoms. The fraction of sp³-hybridized carbons (Fsp3) is 0.158. The van der Waals surface area contributed by atoms with Crippen molar-refractivity contribution in [3.8, 4) is 40.0 Å². The summed E-state index contributed by atoms with van der Waals surface area (Å²) in [5, 5.41) is 41.0. The van der Waals surface area contributed by atoms with Crippen LogP contribution in [0.2, 0.25) is 5.15 Å². The lowest BCUT2D eigenvalue weighted by atomic mass is 10.2. The second kappa shape index (κ2) is 19.8. The smallest absolute Gasteiger partial charge is 0.263 e. The summed E-state index contributed by atoms with van der Waals surface area (Å²) in [7, 11) is 0. The number of aromatic nitrogens is 14. The van der Waals surface area contributed by atoms with Crippen molar-refractivity contribution in [3.63, 3.8) is 0 Å².